The fraction of sp³-hybridized carbons (Fsp3) is 0.375. The molecule has 1 aromatic carbocycles. The smallest absolute Gasteiger partial charge is 0.241 e. The number of rotatable bonds is 1. The lowest BCUT2D eigenvalue weighted by molar-refractivity contribution is -0.126. The predicted molar refractivity (Wildman–Crippen MR) is 78.1 cm³/mol. The van der Waals surface area contributed by atoms with Gasteiger partial charge >= 0.3 is 0 Å². The average Bonchev–Trinajstić information content (AvgIpc) is 3.03. The maximum absolute atomic E-state index is 12.8. The van der Waals surface area contributed by atoms with E-state index in [0.29, 0.717) is 10.7 Å². The number of aryl methyl sites for hydroxylation is 1. The van der Waals surface area contributed by atoms with Gasteiger partial charge in [-0.2, -0.15) is 0 Å². The van der Waals surface area contributed by atoms with E-state index in [-0.39, 0.29) is 17.9 Å². The van der Waals surface area contributed by atoms with Gasteiger partial charge in [-0.25, -0.2) is 4.90 Å². The van der Waals surface area contributed by atoms with Gasteiger partial charge in [0.25, 0.3) is 0 Å². The third-order valence-corrected chi connectivity index (χ3v) is 4.98. The largest absolute Gasteiger partial charge is 0.362 e. The van der Waals surface area contributed by atoms with Crippen LogP contribution < -0.4 is 4.90 Å². The van der Waals surface area contributed by atoms with Crippen LogP contribution in [-0.2, 0) is 14.3 Å². The van der Waals surface area contributed by atoms with Crippen LogP contribution in [0.5, 0.6) is 0 Å². The molecule has 2 amide bonds. The highest BCUT2D eigenvalue weighted by molar-refractivity contribution is 6.31. The maximum Gasteiger partial charge on any atom is 0.241 e. The summed E-state index contributed by atoms with van der Waals surface area (Å²) in [6.07, 6.45) is 3.50. The van der Waals surface area contributed by atoms with E-state index in [1.807, 2.05) is 32.1 Å². The number of halogens is 1. The van der Waals surface area contributed by atoms with Gasteiger partial charge < -0.3 is 4.74 Å². The first-order chi connectivity index (χ1) is 9.92. The van der Waals surface area contributed by atoms with E-state index in [0.717, 1.165) is 5.56 Å². The van der Waals surface area contributed by atoms with E-state index in [9.17, 15) is 9.59 Å². The first kappa shape index (κ1) is 13.0. The molecule has 5 heteroatoms. The quantitative estimate of drug-likeness (QED) is 0.591. The SMILES string of the molecule is Cc1ccc(Cl)cc1N1C(=O)[C@@H]2[C@@H]3C=C[C@@](C)(O3)[C@@H]2C1=O. The third kappa shape index (κ3) is 1.54. The van der Waals surface area contributed by atoms with Crippen LogP contribution in [0, 0.1) is 18.8 Å². The van der Waals surface area contributed by atoms with Crippen molar-refractivity contribution in [2.45, 2.75) is 25.6 Å². The van der Waals surface area contributed by atoms with Crippen molar-refractivity contribution in [1.29, 1.82) is 0 Å². The molecular weight excluding hydrogens is 290 g/mol. The van der Waals surface area contributed by atoms with E-state index in [1.165, 1.54) is 4.90 Å². The molecule has 0 unspecified atom stereocenters. The Labute approximate surface area is 127 Å². The third-order valence-electron chi connectivity index (χ3n) is 4.74. The van der Waals surface area contributed by atoms with E-state index in [2.05, 4.69) is 0 Å². The molecule has 4 nitrogen and oxygen atoms in total. The normalized spacial score (nSPS) is 36.7. The molecule has 0 radical (unpaired) electrons. The average molecular weight is 304 g/mol. The summed E-state index contributed by atoms with van der Waals surface area (Å²) in [7, 11) is 0. The van der Waals surface area contributed by atoms with Crippen LogP contribution in [0.2, 0.25) is 5.02 Å². The van der Waals surface area contributed by atoms with Crippen LogP contribution in [-0.4, -0.2) is 23.5 Å². The number of benzene rings is 1. The van der Waals surface area contributed by atoms with Gasteiger partial charge in [0.05, 0.1) is 29.2 Å². The lowest BCUT2D eigenvalue weighted by atomic mass is 9.78. The number of ether oxygens (including phenoxy) is 1. The van der Waals surface area contributed by atoms with Gasteiger partial charge in [-0.3, -0.25) is 9.59 Å². The molecule has 21 heavy (non-hydrogen) atoms. The first-order valence-electron chi connectivity index (χ1n) is 6.93. The Morgan fingerprint density at radius 1 is 1.29 bits per heavy atom. The molecule has 2 saturated heterocycles. The molecule has 0 saturated carbocycles. The van der Waals surface area contributed by atoms with Crippen molar-refractivity contribution in [1.82, 2.24) is 0 Å². The lowest BCUT2D eigenvalue weighted by Crippen LogP contribution is -2.38. The Hall–Kier alpha value is -1.65. The van der Waals surface area contributed by atoms with Crippen molar-refractivity contribution in [3.63, 3.8) is 0 Å². The van der Waals surface area contributed by atoms with E-state index in [1.54, 1.807) is 12.1 Å². The molecule has 0 spiro atoms. The second kappa shape index (κ2) is 3.96. The molecular formula is C16H14ClNO3. The Morgan fingerprint density at radius 3 is 2.76 bits per heavy atom. The number of nitrogens with zero attached hydrogens (tertiary/aromatic N) is 1. The number of imide groups is 1. The molecule has 0 N–H and O–H groups in total. The van der Waals surface area contributed by atoms with Gasteiger partial charge in [-0.1, -0.05) is 29.8 Å². The van der Waals surface area contributed by atoms with E-state index >= 15 is 0 Å². The fourth-order valence-electron chi connectivity index (χ4n) is 3.71. The highest BCUT2D eigenvalue weighted by atomic mass is 35.5. The zero-order valence-corrected chi connectivity index (χ0v) is 12.4. The van der Waals surface area contributed by atoms with Crippen LogP contribution in [0.3, 0.4) is 0 Å². The topological polar surface area (TPSA) is 46.6 Å². The summed E-state index contributed by atoms with van der Waals surface area (Å²) >= 11 is 6.02. The highest BCUT2D eigenvalue weighted by Gasteiger charge is 2.66. The molecule has 4 atom stereocenters. The van der Waals surface area contributed by atoms with Crippen molar-refractivity contribution in [2.75, 3.05) is 4.90 Å². The summed E-state index contributed by atoms with van der Waals surface area (Å²) < 4.78 is 5.80. The van der Waals surface area contributed by atoms with Gasteiger partial charge in [0, 0.05) is 5.02 Å². The molecule has 2 fully saturated rings. The number of carbonyl (C=O) groups is 2. The summed E-state index contributed by atoms with van der Waals surface area (Å²) in [6.45, 7) is 3.74. The molecule has 1 aromatic rings. The van der Waals surface area contributed by atoms with Crippen molar-refractivity contribution in [3.8, 4) is 0 Å². The number of carbonyl (C=O) groups excluding carboxylic acids is 2. The molecule has 3 aliphatic heterocycles. The summed E-state index contributed by atoms with van der Waals surface area (Å²) in [5, 5.41) is 0.511. The molecule has 108 valence electrons. The zero-order valence-electron chi connectivity index (χ0n) is 11.7. The minimum absolute atomic E-state index is 0.187. The molecule has 3 heterocycles. The van der Waals surface area contributed by atoms with Crippen molar-refractivity contribution in [2.24, 2.45) is 11.8 Å². The highest BCUT2D eigenvalue weighted by Crippen LogP contribution is 2.52. The van der Waals surface area contributed by atoms with Gasteiger partial charge in [0.2, 0.25) is 11.8 Å². The molecule has 3 aliphatic rings. The predicted octanol–water partition coefficient (Wildman–Crippen LogP) is 2.48. The summed E-state index contributed by atoms with van der Waals surface area (Å²) in [6, 6.07) is 5.24. The van der Waals surface area contributed by atoms with Crippen molar-refractivity contribution < 1.29 is 14.3 Å². The minimum Gasteiger partial charge on any atom is -0.362 e. The minimum atomic E-state index is -0.663. The molecule has 0 aromatic heterocycles. The van der Waals surface area contributed by atoms with Gasteiger partial charge in [0.1, 0.15) is 0 Å². The number of anilines is 1. The summed E-state index contributed by atoms with van der Waals surface area (Å²) in [5.74, 6) is -1.22. The zero-order chi connectivity index (χ0) is 14.9. The van der Waals surface area contributed by atoms with Crippen LogP contribution in [0.15, 0.2) is 30.4 Å². The van der Waals surface area contributed by atoms with E-state index < -0.39 is 17.4 Å². The number of amides is 2. The van der Waals surface area contributed by atoms with Crippen LogP contribution in [0.25, 0.3) is 0 Å². The lowest BCUT2D eigenvalue weighted by Gasteiger charge is -2.24. The number of hydrogen-bond donors (Lipinski definition) is 0. The van der Waals surface area contributed by atoms with Crippen molar-refractivity contribution >= 4 is 29.1 Å². The second-order valence-corrected chi connectivity index (χ2v) is 6.51. The van der Waals surface area contributed by atoms with Gasteiger partial charge in [0.15, 0.2) is 0 Å². The summed E-state index contributed by atoms with van der Waals surface area (Å²) in [4.78, 5) is 26.8. The Balaban J connectivity index is 1.82. The van der Waals surface area contributed by atoms with Crippen LogP contribution in [0.4, 0.5) is 5.69 Å². The Kier molecular flexibility index (Phi) is 2.46. The first-order valence-corrected chi connectivity index (χ1v) is 7.31. The van der Waals surface area contributed by atoms with Crippen LogP contribution >= 0.6 is 11.6 Å². The summed E-state index contributed by atoms with van der Waals surface area (Å²) in [5.41, 5.74) is 0.769. The molecule has 2 bridgehead atoms. The fourth-order valence-corrected chi connectivity index (χ4v) is 3.88. The van der Waals surface area contributed by atoms with Crippen molar-refractivity contribution in [3.05, 3.63) is 40.9 Å². The molecule has 0 aliphatic carbocycles. The van der Waals surface area contributed by atoms with Crippen LogP contribution in [0.1, 0.15) is 12.5 Å². The van der Waals surface area contributed by atoms with Gasteiger partial charge in [-0.05, 0) is 31.5 Å². The standard InChI is InChI=1S/C16H14ClNO3/c1-8-3-4-9(17)7-10(8)18-14(19)12-11-5-6-16(2,21-11)13(12)15(18)20/h3-7,11-13H,1-2H3/t11-,12+,13-,16+/m0/s1. The van der Waals surface area contributed by atoms with Gasteiger partial charge in [-0.15, -0.1) is 0 Å². The monoisotopic (exact) mass is 303 g/mol. The van der Waals surface area contributed by atoms with E-state index in [4.69, 9.17) is 16.3 Å². The maximum atomic E-state index is 12.8. The molecule has 4 rings (SSSR count). The number of fused-ring (bicyclic) bond motifs is 5. The Bertz CT molecular complexity index is 713. The second-order valence-electron chi connectivity index (χ2n) is 6.07. The number of hydrogen-bond acceptors (Lipinski definition) is 3. The Morgan fingerprint density at radius 2 is 2.05 bits per heavy atom.